The molecule has 1 saturated heterocycles. The summed E-state index contributed by atoms with van der Waals surface area (Å²) in [6.45, 7) is 4.11. The number of rotatable bonds is 4. The largest absolute Gasteiger partial charge is 0.370 e. The lowest BCUT2D eigenvalue weighted by atomic mass is 10.1. The van der Waals surface area contributed by atoms with Crippen molar-refractivity contribution in [3.05, 3.63) is 53.6 Å². The molecule has 110 valence electrons. The van der Waals surface area contributed by atoms with Gasteiger partial charge in [-0.25, -0.2) is 9.97 Å². The van der Waals surface area contributed by atoms with Crippen LogP contribution in [0, 0.1) is 0 Å². The first kappa shape index (κ1) is 14.0. The Labute approximate surface area is 126 Å². The minimum Gasteiger partial charge on any atom is -0.370 e. The molecule has 0 aliphatic carbocycles. The Morgan fingerprint density at radius 1 is 1.33 bits per heavy atom. The Kier molecular flexibility index (Phi) is 4.15. The predicted octanol–water partition coefficient (Wildman–Crippen LogP) is 2.17. The van der Waals surface area contributed by atoms with Crippen LogP contribution in [-0.2, 0) is 12.8 Å². The van der Waals surface area contributed by atoms with Crippen LogP contribution < -0.4 is 10.6 Å². The van der Waals surface area contributed by atoms with Crippen molar-refractivity contribution in [3.8, 4) is 0 Å². The van der Waals surface area contributed by atoms with Crippen LogP contribution in [0.25, 0.3) is 0 Å². The lowest BCUT2D eigenvalue weighted by Gasteiger charge is -2.18. The first-order valence-corrected chi connectivity index (χ1v) is 7.65. The fraction of sp³-hybridized carbons (Fsp3) is 0.412. The van der Waals surface area contributed by atoms with E-state index in [1.807, 2.05) is 12.3 Å². The van der Waals surface area contributed by atoms with Crippen molar-refractivity contribution in [2.24, 2.45) is 5.73 Å². The molecule has 1 aliphatic heterocycles. The number of hydrogen-bond acceptors (Lipinski definition) is 4. The van der Waals surface area contributed by atoms with Crippen LogP contribution in [0.1, 0.15) is 30.4 Å². The molecule has 0 bridgehead atoms. The molecule has 4 heteroatoms. The molecule has 0 amide bonds. The summed E-state index contributed by atoms with van der Waals surface area (Å²) >= 11 is 0. The number of benzene rings is 1. The second kappa shape index (κ2) is 6.22. The monoisotopic (exact) mass is 282 g/mol. The maximum Gasteiger partial charge on any atom is 0.132 e. The highest BCUT2D eigenvalue weighted by Gasteiger charge is 2.19. The third-order valence-corrected chi connectivity index (χ3v) is 3.99. The van der Waals surface area contributed by atoms with E-state index in [1.54, 1.807) is 0 Å². The van der Waals surface area contributed by atoms with Crippen LogP contribution in [0.3, 0.4) is 0 Å². The molecule has 3 rings (SSSR count). The summed E-state index contributed by atoms with van der Waals surface area (Å²) in [7, 11) is 0. The van der Waals surface area contributed by atoms with E-state index in [9.17, 15) is 0 Å². The standard InChI is InChI=1S/C17H22N4/c1-2-15-6-8-19-17(20-15)11-13-4-3-5-16(10-13)21-9-7-14(18)12-21/h3-6,8,10,14H,2,7,9,11-12,18H2,1H3. The van der Waals surface area contributed by atoms with Crippen LogP contribution >= 0.6 is 0 Å². The second-order valence-electron chi connectivity index (χ2n) is 5.66. The van der Waals surface area contributed by atoms with Gasteiger partial charge < -0.3 is 10.6 Å². The van der Waals surface area contributed by atoms with Gasteiger partial charge in [-0.1, -0.05) is 19.1 Å². The van der Waals surface area contributed by atoms with Gasteiger partial charge in [-0.3, -0.25) is 0 Å². The van der Waals surface area contributed by atoms with Gasteiger partial charge in [0.1, 0.15) is 5.82 Å². The molecule has 1 unspecified atom stereocenters. The summed E-state index contributed by atoms with van der Waals surface area (Å²) in [5.74, 6) is 0.893. The van der Waals surface area contributed by atoms with Gasteiger partial charge in [0.2, 0.25) is 0 Å². The van der Waals surface area contributed by atoms with Crippen LogP contribution in [0.15, 0.2) is 36.5 Å². The maximum atomic E-state index is 5.99. The number of nitrogens with zero attached hydrogens (tertiary/aromatic N) is 3. The van der Waals surface area contributed by atoms with Crippen molar-refractivity contribution in [2.45, 2.75) is 32.2 Å². The fourth-order valence-electron chi connectivity index (χ4n) is 2.79. The fourth-order valence-corrected chi connectivity index (χ4v) is 2.79. The van der Waals surface area contributed by atoms with Crippen LogP contribution in [0.4, 0.5) is 5.69 Å². The summed E-state index contributed by atoms with van der Waals surface area (Å²) in [6.07, 6.45) is 4.65. The molecule has 1 aromatic heterocycles. The van der Waals surface area contributed by atoms with Gasteiger partial charge in [-0.2, -0.15) is 0 Å². The summed E-state index contributed by atoms with van der Waals surface area (Å²) in [4.78, 5) is 11.3. The molecular weight excluding hydrogens is 260 g/mol. The van der Waals surface area contributed by atoms with E-state index in [0.717, 1.165) is 43.9 Å². The van der Waals surface area contributed by atoms with Gasteiger partial charge in [0, 0.05) is 43.1 Å². The average molecular weight is 282 g/mol. The molecule has 0 radical (unpaired) electrons. The molecule has 21 heavy (non-hydrogen) atoms. The number of hydrogen-bond donors (Lipinski definition) is 1. The quantitative estimate of drug-likeness (QED) is 0.933. The first-order chi connectivity index (χ1) is 10.2. The number of aromatic nitrogens is 2. The molecule has 2 aromatic rings. The van der Waals surface area contributed by atoms with E-state index in [1.165, 1.54) is 11.3 Å². The van der Waals surface area contributed by atoms with Gasteiger partial charge in [0.05, 0.1) is 0 Å². The van der Waals surface area contributed by atoms with E-state index in [2.05, 4.69) is 46.1 Å². The lowest BCUT2D eigenvalue weighted by Crippen LogP contribution is -2.26. The van der Waals surface area contributed by atoms with E-state index < -0.39 is 0 Å². The van der Waals surface area contributed by atoms with Crippen molar-refractivity contribution >= 4 is 5.69 Å². The van der Waals surface area contributed by atoms with E-state index in [4.69, 9.17) is 5.73 Å². The Bertz CT molecular complexity index is 611. The zero-order chi connectivity index (χ0) is 14.7. The number of aryl methyl sites for hydroxylation is 1. The third kappa shape index (κ3) is 3.39. The molecule has 0 saturated carbocycles. The molecule has 1 fully saturated rings. The van der Waals surface area contributed by atoms with Crippen LogP contribution in [-0.4, -0.2) is 29.1 Å². The van der Waals surface area contributed by atoms with Gasteiger partial charge >= 0.3 is 0 Å². The molecule has 2 heterocycles. The van der Waals surface area contributed by atoms with E-state index >= 15 is 0 Å². The smallest absolute Gasteiger partial charge is 0.132 e. The Morgan fingerprint density at radius 2 is 2.24 bits per heavy atom. The Hall–Kier alpha value is -1.94. The summed E-state index contributed by atoms with van der Waals surface area (Å²) in [5.41, 5.74) is 9.60. The van der Waals surface area contributed by atoms with Crippen molar-refractivity contribution in [1.29, 1.82) is 0 Å². The summed E-state index contributed by atoms with van der Waals surface area (Å²) in [5, 5.41) is 0. The molecule has 0 spiro atoms. The van der Waals surface area contributed by atoms with Crippen molar-refractivity contribution < 1.29 is 0 Å². The SMILES string of the molecule is CCc1ccnc(Cc2cccc(N3CCC(N)C3)c2)n1. The molecule has 4 nitrogen and oxygen atoms in total. The van der Waals surface area contributed by atoms with Crippen molar-refractivity contribution in [1.82, 2.24) is 9.97 Å². The van der Waals surface area contributed by atoms with Crippen LogP contribution in [0.5, 0.6) is 0 Å². The van der Waals surface area contributed by atoms with Crippen LogP contribution in [0.2, 0.25) is 0 Å². The Balaban J connectivity index is 1.76. The topological polar surface area (TPSA) is 55.0 Å². The van der Waals surface area contributed by atoms with Gasteiger partial charge in [-0.15, -0.1) is 0 Å². The van der Waals surface area contributed by atoms with E-state index in [0.29, 0.717) is 6.04 Å². The highest BCUT2D eigenvalue weighted by atomic mass is 15.2. The molecular formula is C17H22N4. The highest BCUT2D eigenvalue weighted by molar-refractivity contribution is 5.50. The molecule has 1 aromatic carbocycles. The second-order valence-corrected chi connectivity index (χ2v) is 5.66. The molecule has 1 aliphatic rings. The zero-order valence-electron chi connectivity index (χ0n) is 12.5. The van der Waals surface area contributed by atoms with E-state index in [-0.39, 0.29) is 0 Å². The van der Waals surface area contributed by atoms with Gasteiger partial charge in [0.15, 0.2) is 0 Å². The minimum absolute atomic E-state index is 0.304. The third-order valence-electron chi connectivity index (χ3n) is 3.99. The predicted molar refractivity (Wildman–Crippen MR) is 85.5 cm³/mol. The maximum absolute atomic E-state index is 5.99. The number of anilines is 1. The highest BCUT2D eigenvalue weighted by Crippen LogP contribution is 2.21. The Morgan fingerprint density at radius 3 is 3.00 bits per heavy atom. The lowest BCUT2D eigenvalue weighted by molar-refractivity contribution is 0.752. The van der Waals surface area contributed by atoms with Crippen molar-refractivity contribution in [3.63, 3.8) is 0 Å². The minimum atomic E-state index is 0.304. The van der Waals surface area contributed by atoms with Gasteiger partial charge in [-0.05, 0) is 36.6 Å². The number of nitrogens with two attached hydrogens (primary N) is 1. The normalized spacial score (nSPS) is 18.2. The molecule has 2 N–H and O–H groups in total. The average Bonchev–Trinajstić information content (AvgIpc) is 2.94. The van der Waals surface area contributed by atoms with Crippen molar-refractivity contribution in [2.75, 3.05) is 18.0 Å². The zero-order valence-corrected chi connectivity index (χ0v) is 12.5. The summed E-state index contributed by atoms with van der Waals surface area (Å²) < 4.78 is 0. The first-order valence-electron chi connectivity index (χ1n) is 7.65. The van der Waals surface area contributed by atoms with Gasteiger partial charge in [0.25, 0.3) is 0 Å². The molecule has 1 atom stereocenters. The summed E-state index contributed by atoms with van der Waals surface area (Å²) in [6, 6.07) is 10.9.